The molecule has 1 aliphatic heterocycles. The van der Waals surface area contributed by atoms with Crippen molar-refractivity contribution in [1.82, 2.24) is 14.9 Å². The summed E-state index contributed by atoms with van der Waals surface area (Å²) in [5.41, 5.74) is 4.35. The molecule has 1 aromatic carbocycles. The van der Waals surface area contributed by atoms with Crippen molar-refractivity contribution in [3.8, 4) is 21.1 Å². The van der Waals surface area contributed by atoms with Gasteiger partial charge in [0.1, 0.15) is 0 Å². The molecule has 3 aromatic heterocycles. The van der Waals surface area contributed by atoms with Crippen LogP contribution in [0.4, 0.5) is 0 Å². The molecule has 0 radical (unpaired) electrons. The smallest absolute Gasteiger partial charge is 0.255 e. The molecule has 1 N–H and O–H groups in total. The van der Waals surface area contributed by atoms with Crippen molar-refractivity contribution in [2.75, 3.05) is 6.54 Å². The van der Waals surface area contributed by atoms with Gasteiger partial charge in [0.2, 0.25) is 0 Å². The lowest BCUT2D eigenvalue weighted by atomic mass is 10.1. The molecule has 0 saturated heterocycles. The van der Waals surface area contributed by atoms with Crippen LogP contribution >= 0.6 is 22.7 Å². The highest BCUT2D eigenvalue weighted by atomic mass is 32.1. The Morgan fingerprint density at radius 3 is 2.83 bits per heavy atom. The molecule has 0 bridgehead atoms. The van der Waals surface area contributed by atoms with Crippen molar-refractivity contribution in [3.05, 3.63) is 86.0 Å². The van der Waals surface area contributed by atoms with Crippen LogP contribution in [0.2, 0.25) is 0 Å². The minimum absolute atomic E-state index is 0.00474. The van der Waals surface area contributed by atoms with Gasteiger partial charge in [-0.25, -0.2) is 4.98 Å². The first-order chi connectivity index (χ1) is 14.2. The molecular formula is C23H21N3OS2. The molecule has 0 spiro atoms. The number of aromatic amines is 1. The molecule has 0 saturated carbocycles. The second kappa shape index (κ2) is 7.71. The van der Waals surface area contributed by atoms with Gasteiger partial charge in [-0.1, -0.05) is 30.3 Å². The molecule has 0 unspecified atom stereocenters. The van der Waals surface area contributed by atoms with Gasteiger partial charge < -0.3 is 4.98 Å². The number of hydrogen-bond donors (Lipinski definition) is 1. The van der Waals surface area contributed by atoms with Crippen LogP contribution in [0.5, 0.6) is 0 Å². The zero-order valence-electron chi connectivity index (χ0n) is 16.1. The SMILES string of the molecule is Cc1ccccc1-c1ccc(CN2CCc3nc(-c4cccs4)[nH]c(=O)c3C2)s1. The summed E-state index contributed by atoms with van der Waals surface area (Å²) in [6, 6.07) is 16.9. The molecular weight excluding hydrogens is 398 g/mol. The van der Waals surface area contributed by atoms with Crippen LogP contribution in [0.1, 0.15) is 21.7 Å². The second-order valence-corrected chi connectivity index (χ2v) is 9.47. The Bertz CT molecular complexity index is 1210. The monoisotopic (exact) mass is 419 g/mol. The number of rotatable bonds is 4. The molecule has 0 amide bonds. The maximum Gasteiger partial charge on any atom is 0.255 e. The number of aromatic nitrogens is 2. The fourth-order valence-electron chi connectivity index (χ4n) is 3.82. The quantitative estimate of drug-likeness (QED) is 0.501. The van der Waals surface area contributed by atoms with Crippen LogP contribution < -0.4 is 5.56 Å². The number of thiophene rings is 2. The minimum Gasteiger partial charge on any atom is -0.306 e. The number of benzene rings is 1. The summed E-state index contributed by atoms with van der Waals surface area (Å²) in [4.78, 5) is 26.4. The second-order valence-electron chi connectivity index (χ2n) is 7.36. The van der Waals surface area contributed by atoms with Crippen LogP contribution in [-0.4, -0.2) is 21.4 Å². The van der Waals surface area contributed by atoms with Gasteiger partial charge in [-0.05, 0) is 41.6 Å². The number of H-pyrrole nitrogens is 1. The Morgan fingerprint density at radius 1 is 1.10 bits per heavy atom. The van der Waals surface area contributed by atoms with E-state index in [4.69, 9.17) is 4.98 Å². The van der Waals surface area contributed by atoms with E-state index in [0.717, 1.165) is 35.6 Å². The van der Waals surface area contributed by atoms with Crippen molar-refractivity contribution in [2.45, 2.75) is 26.4 Å². The molecule has 0 aliphatic carbocycles. The minimum atomic E-state index is -0.00474. The third-order valence-corrected chi connectivity index (χ3v) is 7.33. The van der Waals surface area contributed by atoms with Gasteiger partial charge in [-0.15, -0.1) is 22.7 Å². The van der Waals surface area contributed by atoms with E-state index in [1.807, 2.05) is 28.8 Å². The number of aryl methyl sites for hydroxylation is 1. The molecule has 5 rings (SSSR count). The lowest BCUT2D eigenvalue weighted by Crippen LogP contribution is -2.35. The van der Waals surface area contributed by atoms with Crippen LogP contribution in [0, 0.1) is 6.92 Å². The normalized spacial score (nSPS) is 14.1. The van der Waals surface area contributed by atoms with Crippen LogP contribution in [-0.2, 0) is 19.5 Å². The van der Waals surface area contributed by atoms with E-state index in [1.165, 1.54) is 20.9 Å². The third-order valence-electron chi connectivity index (χ3n) is 5.35. The number of fused-ring (bicyclic) bond motifs is 1. The summed E-state index contributed by atoms with van der Waals surface area (Å²) in [6.45, 7) is 4.59. The fourth-order valence-corrected chi connectivity index (χ4v) is 5.63. The summed E-state index contributed by atoms with van der Waals surface area (Å²) in [5.74, 6) is 0.693. The predicted octanol–water partition coefficient (Wildman–Crippen LogP) is 5.09. The molecule has 0 atom stereocenters. The van der Waals surface area contributed by atoms with Gasteiger partial charge in [0, 0.05) is 35.8 Å². The first-order valence-electron chi connectivity index (χ1n) is 9.70. The van der Waals surface area contributed by atoms with Crippen LogP contribution in [0.15, 0.2) is 58.7 Å². The van der Waals surface area contributed by atoms with Gasteiger partial charge in [0.15, 0.2) is 5.82 Å². The van der Waals surface area contributed by atoms with Crippen molar-refractivity contribution in [3.63, 3.8) is 0 Å². The van der Waals surface area contributed by atoms with Crippen LogP contribution in [0.3, 0.4) is 0 Å². The maximum atomic E-state index is 12.7. The zero-order chi connectivity index (χ0) is 19.8. The Labute approximate surface area is 177 Å². The molecule has 0 fully saturated rings. The summed E-state index contributed by atoms with van der Waals surface area (Å²) >= 11 is 3.44. The zero-order valence-corrected chi connectivity index (χ0v) is 17.8. The van der Waals surface area contributed by atoms with Gasteiger partial charge in [-0.2, -0.15) is 0 Å². The van der Waals surface area contributed by atoms with Crippen molar-refractivity contribution in [1.29, 1.82) is 0 Å². The van der Waals surface area contributed by atoms with E-state index in [-0.39, 0.29) is 5.56 Å². The number of nitrogens with one attached hydrogen (secondary N) is 1. The van der Waals surface area contributed by atoms with E-state index in [2.05, 4.69) is 53.2 Å². The summed E-state index contributed by atoms with van der Waals surface area (Å²) in [5, 5.41) is 2.00. The Balaban J connectivity index is 1.34. The molecule has 146 valence electrons. The Kier molecular flexibility index (Phi) is 4.91. The molecule has 6 heteroatoms. The molecule has 1 aliphatic rings. The molecule has 4 heterocycles. The Morgan fingerprint density at radius 2 is 2.00 bits per heavy atom. The Hall–Kier alpha value is -2.54. The molecule has 4 nitrogen and oxygen atoms in total. The fraction of sp³-hybridized carbons (Fsp3) is 0.217. The maximum absolute atomic E-state index is 12.7. The third kappa shape index (κ3) is 3.71. The van der Waals surface area contributed by atoms with Gasteiger partial charge in [0.05, 0.1) is 16.1 Å². The lowest BCUT2D eigenvalue weighted by Gasteiger charge is -2.27. The molecule has 4 aromatic rings. The van der Waals surface area contributed by atoms with E-state index in [0.29, 0.717) is 12.4 Å². The highest BCUT2D eigenvalue weighted by molar-refractivity contribution is 7.15. The molecule has 29 heavy (non-hydrogen) atoms. The highest BCUT2D eigenvalue weighted by Crippen LogP contribution is 2.31. The highest BCUT2D eigenvalue weighted by Gasteiger charge is 2.22. The summed E-state index contributed by atoms with van der Waals surface area (Å²) < 4.78 is 0. The van der Waals surface area contributed by atoms with E-state index in [9.17, 15) is 4.79 Å². The average molecular weight is 420 g/mol. The summed E-state index contributed by atoms with van der Waals surface area (Å²) in [6.07, 6.45) is 0.813. The van der Waals surface area contributed by atoms with Gasteiger partial charge in [0.25, 0.3) is 5.56 Å². The number of nitrogens with zero attached hydrogens (tertiary/aromatic N) is 2. The predicted molar refractivity (Wildman–Crippen MR) is 120 cm³/mol. The van der Waals surface area contributed by atoms with E-state index >= 15 is 0 Å². The van der Waals surface area contributed by atoms with Crippen molar-refractivity contribution < 1.29 is 0 Å². The lowest BCUT2D eigenvalue weighted by molar-refractivity contribution is 0.244. The van der Waals surface area contributed by atoms with Crippen LogP contribution in [0.25, 0.3) is 21.1 Å². The standard InChI is InChI=1S/C23H21N3OS2/c1-15-5-2-3-6-17(15)20-9-8-16(29-20)13-26-11-10-19-18(14-26)23(27)25-22(24-19)21-7-4-12-28-21/h2-9,12H,10-11,13-14H2,1H3,(H,24,25,27). The van der Waals surface area contributed by atoms with Gasteiger partial charge >= 0.3 is 0 Å². The van der Waals surface area contributed by atoms with E-state index in [1.54, 1.807) is 11.3 Å². The first-order valence-corrected chi connectivity index (χ1v) is 11.4. The first kappa shape index (κ1) is 18.5. The average Bonchev–Trinajstić information content (AvgIpc) is 3.41. The number of hydrogen-bond acceptors (Lipinski definition) is 5. The topological polar surface area (TPSA) is 49.0 Å². The van der Waals surface area contributed by atoms with Crippen molar-refractivity contribution in [2.24, 2.45) is 0 Å². The summed E-state index contributed by atoms with van der Waals surface area (Å²) in [7, 11) is 0. The largest absolute Gasteiger partial charge is 0.306 e. The van der Waals surface area contributed by atoms with Gasteiger partial charge in [-0.3, -0.25) is 9.69 Å². The van der Waals surface area contributed by atoms with E-state index < -0.39 is 0 Å². The van der Waals surface area contributed by atoms with Crippen molar-refractivity contribution >= 4 is 22.7 Å².